The van der Waals surface area contributed by atoms with Gasteiger partial charge in [-0.05, 0) is 55.4 Å². The third kappa shape index (κ3) is 5.55. The Morgan fingerprint density at radius 1 is 1.14 bits per heavy atom. The first-order valence-electron chi connectivity index (χ1n) is 11.8. The van der Waals surface area contributed by atoms with Crippen LogP contribution >= 0.6 is 11.6 Å². The second-order valence-corrected chi connectivity index (χ2v) is 8.92. The molecule has 2 aromatic carbocycles. The fourth-order valence-electron chi connectivity index (χ4n) is 4.39. The van der Waals surface area contributed by atoms with Crippen molar-refractivity contribution in [3.63, 3.8) is 0 Å². The van der Waals surface area contributed by atoms with E-state index in [1.54, 1.807) is 43.3 Å². The zero-order chi connectivity index (χ0) is 26.6. The number of likely N-dealkylation sites (tertiary alicyclic amines) is 1. The number of aliphatic hydroxyl groups excluding tert-OH is 1. The molecule has 0 saturated carbocycles. The minimum atomic E-state index is -0.851. The molecule has 1 amide bonds. The van der Waals surface area contributed by atoms with Gasteiger partial charge < -0.3 is 24.4 Å². The summed E-state index contributed by atoms with van der Waals surface area (Å²) in [6.45, 7) is 9.58. The lowest BCUT2D eigenvalue weighted by Gasteiger charge is -2.28. The van der Waals surface area contributed by atoms with Crippen LogP contribution in [0.15, 0.2) is 42.0 Å². The lowest BCUT2D eigenvalue weighted by atomic mass is 9.94. The number of esters is 1. The third-order valence-electron chi connectivity index (χ3n) is 6.20. The fourth-order valence-corrected chi connectivity index (χ4v) is 4.74. The van der Waals surface area contributed by atoms with E-state index < -0.39 is 23.7 Å². The predicted molar refractivity (Wildman–Crippen MR) is 137 cm³/mol. The average Bonchev–Trinajstić information content (AvgIpc) is 3.09. The number of benzene rings is 2. The van der Waals surface area contributed by atoms with Crippen molar-refractivity contribution in [1.29, 1.82) is 0 Å². The highest BCUT2D eigenvalue weighted by Crippen LogP contribution is 2.42. The van der Waals surface area contributed by atoms with Crippen molar-refractivity contribution in [1.82, 2.24) is 9.80 Å². The Balaban J connectivity index is 2.17. The van der Waals surface area contributed by atoms with E-state index in [9.17, 15) is 19.5 Å². The number of methoxy groups -OCH3 is 1. The van der Waals surface area contributed by atoms with Gasteiger partial charge in [-0.25, -0.2) is 0 Å². The van der Waals surface area contributed by atoms with Crippen LogP contribution in [0.3, 0.4) is 0 Å². The minimum absolute atomic E-state index is 0.0558. The second kappa shape index (κ2) is 11.6. The zero-order valence-electron chi connectivity index (χ0n) is 21.1. The summed E-state index contributed by atoms with van der Waals surface area (Å²) in [5, 5.41) is 11.7. The summed E-state index contributed by atoms with van der Waals surface area (Å²) in [5.41, 5.74) is 1.51. The number of carbonyl (C=O) groups excluding carboxylic acids is 3. The summed E-state index contributed by atoms with van der Waals surface area (Å²) in [5.74, 6) is -1.78. The molecule has 1 unspecified atom stereocenters. The zero-order valence-corrected chi connectivity index (χ0v) is 21.9. The molecule has 1 saturated heterocycles. The number of aryl methyl sites for hydroxylation is 1. The van der Waals surface area contributed by atoms with Crippen molar-refractivity contribution < 1.29 is 29.0 Å². The Kier molecular flexibility index (Phi) is 8.76. The van der Waals surface area contributed by atoms with Gasteiger partial charge in [-0.1, -0.05) is 37.6 Å². The van der Waals surface area contributed by atoms with Crippen molar-refractivity contribution in [2.24, 2.45) is 0 Å². The lowest BCUT2D eigenvalue weighted by molar-refractivity contribution is -0.140. The summed E-state index contributed by atoms with van der Waals surface area (Å²) in [6, 6.07) is 9.02. The molecule has 9 heteroatoms. The number of aliphatic hydroxyl groups is 1. The summed E-state index contributed by atoms with van der Waals surface area (Å²) >= 11 is 6.34. The van der Waals surface area contributed by atoms with E-state index in [2.05, 4.69) is 4.90 Å². The van der Waals surface area contributed by atoms with E-state index in [1.165, 1.54) is 18.9 Å². The molecule has 1 aliphatic rings. The van der Waals surface area contributed by atoms with Gasteiger partial charge in [-0.15, -0.1) is 0 Å². The smallest absolute Gasteiger partial charge is 0.308 e. The molecule has 0 bridgehead atoms. The van der Waals surface area contributed by atoms with Gasteiger partial charge in [0.15, 0.2) is 0 Å². The van der Waals surface area contributed by atoms with Crippen LogP contribution in [0, 0.1) is 6.92 Å². The molecule has 8 nitrogen and oxygen atoms in total. The van der Waals surface area contributed by atoms with Crippen LogP contribution in [-0.4, -0.2) is 65.9 Å². The van der Waals surface area contributed by atoms with Crippen LogP contribution in [0.1, 0.15) is 43.5 Å². The molecule has 0 radical (unpaired) electrons. The number of hydrogen-bond donors (Lipinski definition) is 1. The van der Waals surface area contributed by atoms with Crippen LogP contribution in [0.25, 0.3) is 5.76 Å². The maximum absolute atomic E-state index is 13.3. The van der Waals surface area contributed by atoms with E-state index in [0.29, 0.717) is 17.9 Å². The van der Waals surface area contributed by atoms with Crippen molar-refractivity contribution >= 4 is 35.0 Å². The molecule has 1 atom stereocenters. The van der Waals surface area contributed by atoms with Crippen molar-refractivity contribution in [2.45, 2.75) is 33.7 Å². The molecule has 0 aliphatic carbocycles. The summed E-state index contributed by atoms with van der Waals surface area (Å²) < 4.78 is 10.5. The standard InChI is InChI=1S/C27H31ClN2O6/c1-6-29(7-2)12-13-30-23(18-8-10-19(11-9-18)36-17(4)31)22(25(33)27(30)34)24(32)20-14-16(3)15-21(28)26(20)35-5/h8-11,14-15,23,32H,6-7,12-13H2,1-5H3/b24-22+. The minimum Gasteiger partial charge on any atom is -0.507 e. The van der Waals surface area contributed by atoms with Crippen molar-refractivity contribution in [2.75, 3.05) is 33.3 Å². The van der Waals surface area contributed by atoms with Gasteiger partial charge in [0.25, 0.3) is 11.7 Å². The Hall–Kier alpha value is -3.36. The number of rotatable bonds is 9. The van der Waals surface area contributed by atoms with Crippen LogP contribution in [0.2, 0.25) is 5.02 Å². The van der Waals surface area contributed by atoms with Gasteiger partial charge >= 0.3 is 5.97 Å². The molecule has 3 rings (SSSR count). The van der Waals surface area contributed by atoms with Gasteiger partial charge in [0.1, 0.15) is 17.3 Å². The quantitative estimate of drug-likeness (QED) is 0.175. The molecule has 1 heterocycles. The molecule has 192 valence electrons. The fraction of sp³-hybridized carbons (Fsp3) is 0.370. The molecule has 2 aromatic rings. The largest absolute Gasteiger partial charge is 0.507 e. The topological polar surface area (TPSA) is 96.4 Å². The van der Waals surface area contributed by atoms with Gasteiger partial charge in [0.2, 0.25) is 0 Å². The molecule has 36 heavy (non-hydrogen) atoms. The highest BCUT2D eigenvalue weighted by molar-refractivity contribution is 6.46. The summed E-state index contributed by atoms with van der Waals surface area (Å²) in [4.78, 5) is 41.5. The molecular formula is C27H31ClN2O6. The number of halogens is 1. The number of ketones is 1. The molecule has 1 N–H and O–H groups in total. The molecular weight excluding hydrogens is 484 g/mol. The van der Waals surface area contributed by atoms with Gasteiger partial charge in [-0.2, -0.15) is 0 Å². The number of amides is 1. The Morgan fingerprint density at radius 3 is 2.33 bits per heavy atom. The highest BCUT2D eigenvalue weighted by atomic mass is 35.5. The van der Waals surface area contributed by atoms with Crippen LogP contribution < -0.4 is 9.47 Å². The van der Waals surface area contributed by atoms with Gasteiger partial charge in [0.05, 0.1) is 29.3 Å². The highest BCUT2D eigenvalue weighted by Gasteiger charge is 2.46. The molecule has 1 aliphatic heterocycles. The number of nitrogens with zero attached hydrogens (tertiary/aromatic N) is 2. The number of ether oxygens (including phenoxy) is 2. The van der Waals surface area contributed by atoms with Gasteiger partial charge in [-0.3, -0.25) is 14.4 Å². The number of hydrogen-bond acceptors (Lipinski definition) is 7. The first-order chi connectivity index (χ1) is 17.1. The van der Waals surface area contributed by atoms with Crippen LogP contribution in [0.5, 0.6) is 11.5 Å². The van der Waals surface area contributed by atoms with Crippen LogP contribution in [-0.2, 0) is 14.4 Å². The van der Waals surface area contributed by atoms with Crippen molar-refractivity contribution in [3.8, 4) is 11.5 Å². The van der Waals surface area contributed by atoms with Crippen LogP contribution in [0.4, 0.5) is 0 Å². The average molecular weight is 515 g/mol. The number of carbonyl (C=O) groups is 3. The third-order valence-corrected chi connectivity index (χ3v) is 6.48. The monoisotopic (exact) mass is 514 g/mol. The number of likely N-dealkylation sites (N-methyl/N-ethyl adjacent to an activating group) is 1. The van der Waals surface area contributed by atoms with Gasteiger partial charge in [0, 0.05) is 20.0 Å². The first-order valence-corrected chi connectivity index (χ1v) is 12.1. The van der Waals surface area contributed by atoms with E-state index in [1.807, 2.05) is 13.8 Å². The van der Waals surface area contributed by atoms with E-state index in [0.717, 1.165) is 18.7 Å². The maximum Gasteiger partial charge on any atom is 0.308 e. The Labute approximate surface area is 216 Å². The lowest BCUT2D eigenvalue weighted by Crippen LogP contribution is -2.38. The molecule has 1 fully saturated rings. The second-order valence-electron chi connectivity index (χ2n) is 8.51. The maximum atomic E-state index is 13.3. The Morgan fingerprint density at radius 2 is 1.78 bits per heavy atom. The van der Waals surface area contributed by atoms with E-state index in [4.69, 9.17) is 21.1 Å². The normalized spacial score (nSPS) is 17.1. The SMILES string of the molecule is CCN(CC)CCN1C(=O)C(=O)/C(=C(/O)c2cc(C)cc(Cl)c2OC)C1c1ccc(OC(C)=O)cc1. The van der Waals surface area contributed by atoms with Crippen molar-refractivity contribution in [3.05, 3.63) is 63.7 Å². The molecule has 0 aromatic heterocycles. The molecule has 0 spiro atoms. The summed E-state index contributed by atoms with van der Waals surface area (Å²) in [7, 11) is 1.42. The predicted octanol–water partition coefficient (Wildman–Crippen LogP) is 4.35. The number of Topliss-reactive ketones (excluding diaryl/α,β-unsaturated/α-hetero) is 1. The summed E-state index contributed by atoms with van der Waals surface area (Å²) in [6.07, 6.45) is 0. The first kappa shape index (κ1) is 27.2. The van der Waals surface area contributed by atoms with E-state index >= 15 is 0 Å². The van der Waals surface area contributed by atoms with E-state index in [-0.39, 0.29) is 34.2 Å². The Bertz CT molecular complexity index is 1190.